The summed E-state index contributed by atoms with van der Waals surface area (Å²) in [5.41, 5.74) is 5.87. The molecule has 92 valence electrons. The van der Waals surface area contributed by atoms with Crippen molar-refractivity contribution in [2.24, 2.45) is 0 Å². The van der Waals surface area contributed by atoms with E-state index >= 15 is 0 Å². The number of hydrogen-bond acceptors (Lipinski definition) is 4. The van der Waals surface area contributed by atoms with Gasteiger partial charge in [-0.2, -0.15) is 0 Å². The molecule has 2 rings (SSSR count). The van der Waals surface area contributed by atoms with Crippen molar-refractivity contribution < 1.29 is 9.66 Å². The molecule has 0 aliphatic heterocycles. The van der Waals surface area contributed by atoms with Gasteiger partial charge in [-0.1, -0.05) is 12.1 Å². The Hall–Kier alpha value is -2.08. The van der Waals surface area contributed by atoms with Crippen molar-refractivity contribution in [1.29, 1.82) is 0 Å². The molecule has 6 heteroatoms. The normalized spacial score (nSPS) is 10.1. The molecule has 0 aliphatic carbocycles. The van der Waals surface area contributed by atoms with Crippen molar-refractivity contribution in [2.45, 2.75) is 0 Å². The first-order valence-corrected chi connectivity index (χ1v) is 5.83. The zero-order valence-corrected chi connectivity index (χ0v) is 10.8. The van der Waals surface area contributed by atoms with Crippen LogP contribution in [0.15, 0.2) is 46.9 Å². The van der Waals surface area contributed by atoms with Crippen molar-refractivity contribution >= 4 is 27.3 Å². The predicted molar refractivity (Wildman–Crippen MR) is 71.7 cm³/mol. The topological polar surface area (TPSA) is 78.4 Å². The molecule has 2 N–H and O–H groups in total. The van der Waals surface area contributed by atoms with E-state index in [1.54, 1.807) is 6.07 Å². The van der Waals surface area contributed by atoms with Crippen LogP contribution in [0.2, 0.25) is 0 Å². The standard InChI is InChI=1S/C12H9BrN2O3/c13-9-3-1-2-4-11(9)18-12-6-5-8(15(16)17)7-10(12)14/h1-7H,14H2. The van der Waals surface area contributed by atoms with Gasteiger partial charge in [0.25, 0.3) is 5.69 Å². The van der Waals surface area contributed by atoms with Gasteiger partial charge in [-0.15, -0.1) is 0 Å². The number of hydrogen-bond donors (Lipinski definition) is 1. The molecule has 0 saturated carbocycles. The van der Waals surface area contributed by atoms with Crippen LogP contribution in [-0.2, 0) is 0 Å². The van der Waals surface area contributed by atoms with Gasteiger partial charge in [-0.3, -0.25) is 10.1 Å². The molecule has 0 aliphatic rings. The van der Waals surface area contributed by atoms with Crippen LogP contribution in [0.25, 0.3) is 0 Å². The Bertz CT molecular complexity index is 602. The molecule has 0 fully saturated rings. The summed E-state index contributed by atoms with van der Waals surface area (Å²) in [7, 11) is 0. The van der Waals surface area contributed by atoms with Crippen molar-refractivity contribution in [3.8, 4) is 11.5 Å². The molecule has 0 spiro atoms. The van der Waals surface area contributed by atoms with Crippen molar-refractivity contribution in [3.05, 3.63) is 57.1 Å². The van der Waals surface area contributed by atoms with Gasteiger partial charge in [0.15, 0.2) is 5.75 Å². The molecule has 0 radical (unpaired) electrons. The van der Waals surface area contributed by atoms with Gasteiger partial charge in [0, 0.05) is 12.1 Å². The number of anilines is 1. The summed E-state index contributed by atoms with van der Waals surface area (Å²) in [5, 5.41) is 10.6. The average molecular weight is 309 g/mol. The van der Waals surface area contributed by atoms with Crippen molar-refractivity contribution in [3.63, 3.8) is 0 Å². The monoisotopic (exact) mass is 308 g/mol. The Labute approximate surface area is 111 Å². The predicted octanol–water partition coefficient (Wildman–Crippen LogP) is 3.73. The number of nitrogens with zero attached hydrogens (tertiary/aromatic N) is 1. The number of nitro benzene ring substituents is 1. The van der Waals surface area contributed by atoms with Gasteiger partial charge >= 0.3 is 0 Å². The second-order valence-electron chi connectivity index (χ2n) is 3.51. The molecular formula is C12H9BrN2O3. The minimum Gasteiger partial charge on any atom is -0.454 e. The molecule has 0 amide bonds. The lowest BCUT2D eigenvalue weighted by molar-refractivity contribution is -0.384. The number of nitro groups is 1. The van der Waals surface area contributed by atoms with E-state index in [4.69, 9.17) is 10.5 Å². The number of halogens is 1. The van der Waals surface area contributed by atoms with E-state index in [0.717, 1.165) is 4.47 Å². The lowest BCUT2D eigenvalue weighted by atomic mass is 10.2. The molecule has 0 saturated heterocycles. The van der Waals surface area contributed by atoms with Crippen LogP contribution in [0, 0.1) is 10.1 Å². The highest BCUT2D eigenvalue weighted by atomic mass is 79.9. The van der Waals surface area contributed by atoms with Crippen LogP contribution in [0.4, 0.5) is 11.4 Å². The third-order valence-corrected chi connectivity index (χ3v) is 2.92. The molecule has 0 unspecified atom stereocenters. The van der Waals surface area contributed by atoms with Gasteiger partial charge < -0.3 is 10.5 Å². The molecule has 5 nitrogen and oxygen atoms in total. The first kappa shape index (κ1) is 12.4. The fourth-order valence-corrected chi connectivity index (χ4v) is 1.75. The van der Waals surface area contributed by atoms with E-state index in [0.29, 0.717) is 11.5 Å². The largest absolute Gasteiger partial charge is 0.454 e. The van der Waals surface area contributed by atoms with Crippen LogP contribution in [0.1, 0.15) is 0 Å². The number of para-hydroxylation sites is 1. The molecule has 2 aromatic carbocycles. The minimum absolute atomic E-state index is 0.0630. The summed E-state index contributed by atoms with van der Waals surface area (Å²) in [5.74, 6) is 0.977. The third-order valence-electron chi connectivity index (χ3n) is 2.26. The van der Waals surface area contributed by atoms with Crippen LogP contribution in [0.3, 0.4) is 0 Å². The highest BCUT2D eigenvalue weighted by molar-refractivity contribution is 9.10. The number of benzene rings is 2. The smallest absolute Gasteiger partial charge is 0.271 e. The third kappa shape index (κ3) is 2.60. The number of rotatable bonds is 3. The molecule has 18 heavy (non-hydrogen) atoms. The Kier molecular flexibility index (Phi) is 3.47. The SMILES string of the molecule is Nc1cc([N+](=O)[O-])ccc1Oc1ccccc1Br. The van der Waals surface area contributed by atoms with Crippen LogP contribution in [0.5, 0.6) is 11.5 Å². The van der Waals surface area contributed by atoms with Gasteiger partial charge in [0.1, 0.15) is 5.75 Å². The summed E-state index contributed by atoms with van der Waals surface area (Å²) >= 11 is 3.34. The second kappa shape index (κ2) is 5.05. The first-order valence-electron chi connectivity index (χ1n) is 5.04. The summed E-state index contributed by atoms with van der Waals surface area (Å²) in [4.78, 5) is 10.1. The fraction of sp³-hybridized carbons (Fsp3) is 0. The average Bonchev–Trinajstić information content (AvgIpc) is 2.34. The quantitative estimate of drug-likeness (QED) is 0.532. The Morgan fingerprint density at radius 2 is 1.89 bits per heavy atom. The molecule has 0 bridgehead atoms. The van der Waals surface area contributed by atoms with Crippen LogP contribution < -0.4 is 10.5 Å². The van der Waals surface area contributed by atoms with E-state index in [2.05, 4.69) is 15.9 Å². The van der Waals surface area contributed by atoms with Crippen LogP contribution >= 0.6 is 15.9 Å². The Balaban J connectivity index is 2.30. The highest BCUT2D eigenvalue weighted by Gasteiger charge is 2.11. The fourth-order valence-electron chi connectivity index (χ4n) is 1.39. The van der Waals surface area contributed by atoms with Gasteiger partial charge in [-0.25, -0.2) is 0 Å². The number of ether oxygens (including phenoxy) is 1. The zero-order chi connectivity index (χ0) is 13.1. The number of nitrogen functional groups attached to an aromatic ring is 1. The van der Waals surface area contributed by atoms with Gasteiger partial charge in [0.05, 0.1) is 15.1 Å². The van der Waals surface area contributed by atoms with Gasteiger partial charge in [-0.05, 0) is 34.1 Å². The van der Waals surface area contributed by atoms with Crippen molar-refractivity contribution in [1.82, 2.24) is 0 Å². The van der Waals surface area contributed by atoms with E-state index in [1.807, 2.05) is 18.2 Å². The molecule has 0 atom stereocenters. The van der Waals surface area contributed by atoms with E-state index in [-0.39, 0.29) is 11.4 Å². The lowest BCUT2D eigenvalue weighted by Gasteiger charge is -2.09. The van der Waals surface area contributed by atoms with E-state index in [1.165, 1.54) is 18.2 Å². The summed E-state index contributed by atoms with van der Waals surface area (Å²) in [6, 6.07) is 11.4. The summed E-state index contributed by atoms with van der Waals surface area (Å²) in [6.07, 6.45) is 0. The molecule has 0 heterocycles. The lowest BCUT2D eigenvalue weighted by Crippen LogP contribution is -1.95. The summed E-state index contributed by atoms with van der Waals surface area (Å²) in [6.45, 7) is 0. The zero-order valence-electron chi connectivity index (χ0n) is 9.17. The van der Waals surface area contributed by atoms with Gasteiger partial charge in [0.2, 0.25) is 0 Å². The molecule has 0 aromatic heterocycles. The molecule has 2 aromatic rings. The van der Waals surface area contributed by atoms with E-state index < -0.39 is 4.92 Å². The first-order chi connectivity index (χ1) is 8.58. The maximum Gasteiger partial charge on any atom is 0.271 e. The number of non-ortho nitro benzene ring substituents is 1. The van der Waals surface area contributed by atoms with Crippen molar-refractivity contribution in [2.75, 3.05) is 5.73 Å². The highest BCUT2D eigenvalue weighted by Crippen LogP contribution is 2.33. The Morgan fingerprint density at radius 1 is 1.17 bits per heavy atom. The number of nitrogens with two attached hydrogens (primary N) is 1. The second-order valence-corrected chi connectivity index (χ2v) is 4.37. The van der Waals surface area contributed by atoms with Crippen LogP contribution in [-0.4, -0.2) is 4.92 Å². The maximum atomic E-state index is 10.6. The summed E-state index contributed by atoms with van der Waals surface area (Å²) < 4.78 is 6.36. The van der Waals surface area contributed by atoms with E-state index in [9.17, 15) is 10.1 Å². The molecular weight excluding hydrogens is 300 g/mol. The maximum absolute atomic E-state index is 10.6. The Morgan fingerprint density at radius 3 is 2.50 bits per heavy atom. The minimum atomic E-state index is -0.501.